The van der Waals surface area contributed by atoms with Crippen molar-refractivity contribution in [2.75, 3.05) is 0 Å². The van der Waals surface area contributed by atoms with E-state index < -0.39 is 29.9 Å². The summed E-state index contributed by atoms with van der Waals surface area (Å²) in [5, 5.41) is 0. The van der Waals surface area contributed by atoms with Crippen molar-refractivity contribution in [3.63, 3.8) is 0 Å². The summed E-state index contributed by atoms with van der Waals surface area (Å²) in [5.41, 5.74) is 9.32. The van der Waals surface area contributed by atoms with Crippen LogP contribution in [0.5, 0.6) is 0 Å². The van der Waals surface area contributed by atoms with E-state index in [-0.39, 0.29) is 0 Å². The van der Waals surface area contributed by atoms with Gasteiger partial charge in [0, 0.05) is 0 Å². The molecule has 49 heavy (non-hydrogen) atoms. The van der Waals surface area contributed by atoms with E-state index in [1.165, 1.54) is 49.7 Å². The largest absolute Gasteiger partial charge is 0.0622 e. The fourth-order valence-corrected chi connectivity index (χ4v) is 67.1. The van der Waals surface area contributed by atoms with Gasteiger partial charge in [-0.3, -0.25) is 0 Å². The van der Waals surface area contributed by atoms with E-state index in [1.807, 2.05) is 15.5 Å². The van der Waals surface area contributed by atoms with E-state index in [0.29, 0.717) is 27.7 Å². The molecule has 1 nitrogen and oxygen atoms in total. The molecule has 4 fully saturated rings. The minimum Gasteiger partial charge on any atom is -0.0622 e. The molecule has 4 aromatic carbocycles. The van der Waals surface area contributed by atoms with Crippen molar-refractivity contribution in [3.05, 3.63) is 141 Å². The Morgan fingerprint density at radius 3 is 1.24 bits per heavy atom. The maximum atomic E-state index is 4.89. The predicted molar refractivity (Wildman–Crippen MR) is 209 cm³/mol. The van der Waals surface area contributed by atoms with Crippen LogP contribution in [-0.2, 0) is 19.2 Å². The minimum atomic E-state index is -2.58. The fourth-order valence-electron chi connectivity index (χ4n) is 11.9. The van der Waals surface area contributed by atoms with E-state index >= 15 is 0 Å². The monoisotopic (exact) mass is 876 g/mol. The van der Waals surface area contributed by atoms with Crippen LogP contribution in [0.25, 0.3) is 11.1 Å². The molecule has 9 rings (SSSR count). The van der Waals surface area contributed by atoms with Crippen LogP contribution < -0.4 is 12.1 Å². The molecule has 4 aromatic rings. The molecule has 0 heterocycles. The smallest absolute Gasteiger partial charge is 0.0184 e. The van der Waals surface area contributed by atoms with Crippen LogP contribution in [0.3, 0.4) is 0 Å². The molecule has 1 atom stereocenters. The average molecular weight is 874 g/mol. The Balaban J connectivity index is 0.000000265. The molecule has 4 saturated carbocycles. The molecular formula is C46H56GeHfN. The average Bonchev–Trinajstić information content (AvgIpc) is 3.26. The molecule has 1 unspecified atom stereocenters. The molecule has 0 amide bonds. The summed E-state index contributed by atoms with van der Waals surface area (Å²) < 4.78 is 10.2. The number of rotatable bonds is 7. The fraction of sp³-hybridized carbons (Fsp3) is 0.391. The van der Waals surface area contributed by atoms with Crippen LogP contribution in [0, 0.1) is 22.2 Å². The first-order valence-electron chi connectivity index (χ1n) is 18.7. The molecule has 1 N–H and O–H groups in total. The van der Waals surface area contributed by atoms with Crippen molar-refractivity contribution >= 4 is 19.4 Å². The summed E-state index contributed by atoms with van der Waals surface area (Å²) in [5.74, 6) is 0.617. The summed E-state index contributed by atoms with van der Waals surface area (Å²) >= 11 is -2.58. The number of hydrogen-bond donors (Lipinski definition) is 1. The summed E-state index contributed by atoms with van der Waals surface area (Å²) in [6, 6.07) is 44.4. The van der Waals surface area contributed by atoms with Gasteiger partial charge >= 0.3 is 237 Å². The number of hydrogen-bond acceptors (Lipinski definition) is 1. The molecule has 0 saturated heterocycles. The topological polar surface area (TPSA) is 12.0 Å². The molecule has 0 aromatic heterocycles. The molecule has 5 aliphatic rings. The zero-order chi connectivity index (χ0) is 34.4. The van der Waals surface area contributed by atoms with Gasteiger partial charge in [-0.2, -0.15) is 0 Å². The number of nitrogens with one attached hydrogen (secondary N) is 1. The Labute approximate surface area is 307 Å². The van der Waals surface area contributed by atoms with E-state index in [0.717, 1.165) is 0 Å². The second-order valence-corrected chi connectivity index (χ2v) is 48.5. The first-order chi connectivity index (χ1) is 23.4. The number of benzene rings is 4. The van der Waals surface area contributed by atoms with Gasteiger partial charge in [0.25, 0.3) is 0 Å². The molecule has 0 spiro atoms. The van der Waals surface area contributed by atoms with Crippen molar-refractivity contribution < 1.29 is 19.2 Å². The molecule has 0 radical (unpaired) electrons. The third kappa shape index (κ3) is 7.13. The maximum Gasteiger partial charge on any atom is -0.0184 e. The van der Waals surface area contributed by atoms with Gasteiger partial charge in [0.1, 0.15) is 0 Å². The second kappa shape index (κ2) is 13.7. The van der Waals surface area contributed by atoms with E-state index in [4.69, 9.17) is 3.30 Å². The summed E-state index contributed by atoms with van der Waals surface area (Å²) in [6.45, 7) is 17.8. The molecule has 0 aliphatic heterocycles. The van der Waals surface area contributed by atoms with Gasteiger partial charge in [-0.15, -0.1) is 0 Å². The minimum absolute atomic E-state index is 0.347. The van der Waals surface area contributed by atoms with Gasteiger partial charge in [-0.05, 0) is 11.1 Å². The maximum absolute atomic E-state index is 4.89. The van der Waals surface area contributed by atoms with Crippen molar-refractivity contribution in [1.29, 1.82) is 0 Å². The number of allylic oxidation sites excluding steroid dienone is 4. The molecular weight excluding hydrogens is 818 g/mol. The van der Waals surface area contributed by atoms with E-state index in [2.05, 4.69) is 158 Å². The van der Waals surface area contributed by atoms with E-state index in [9.17, 15) is 0 Å². The van der Waals surface area contributed by atoms with Gasteiger partial charge in [-0.1, -0.05) is 60.7 Å². The molecule has 253 valence electrons. The first kappa shape index (κ1) is 35.1. The molecule has 4 bridgehead atoms. The van der Waals surface area contributed by atoms with Crippen LogP contribution >= 0.6 is 0 Å². The van der Waals surface area contributed by atoms with Gasteiger partial charge in [0.2, 0.25) is 0 Å². The Morgan fingerprint density at radius 1 is 0.531 bits per heavy atom. The van der Waals surface area contributed by atoms with E-state index in [1.54, 1.807) is 25.5 Å². The van der Waals surface area contributed by atoms with Gasteiger partial charge < -0.3 is 0 Å². The normalized spacial score (nSPS) is 30.1. The third-order valence-corrected chi connectivity index (χ3v) is 57.2. The van der Waals surface area contributed by atoms with Crippen molar-refractivity contribution in [1.82, 2.24) is 3.30 Å². The SMILES string of the molecule is CC1=C(C)C(C)[C]([Hf]([NH]C23CC4(C)CC(C)(CC(C)(C4)C2)C3)[GeH]([c]2ccccc2)[c]2ccccc2)=C1C.c1ccc(-c2ccccc2)cc1. The van der Waals surface area contributed by atoms with Crippen LogP contribution in [0.2, 0.25) is 0 Å². The second-order valence-electron chi connectivity index (χ2n) is 17.4. The Kier molecular flexibility index (Phi) is 9.83. The van der Waals surface area contributed by atoms with Crippen LogP contribution in [0.15, 0.2) is 141 Å². The van der Waals surface area contributed by atoms with Crippen LogP contribution in [-0.4, -0.2) is 16.2 Å². The quantitative estimate of drug-likeness (QED) is 0.183. The standard InChI is InChI=1S/C13H22N.C12H11Ge.C12H10.C9H13.Hf/c1-10-4-11(2)6-12(3,5-10)9-13(14,7-10)8-11;1-3-7-11(8-4-1)13-12-9-5-2-6-10-12;1-3-7-11(8-4-1)12-9-5-2-6-10-12;1-6-5-7(2)9(4)8(6)3;/h14H,4-9H2,1-3H3;1-10,13H;1-10H;6H,1-4H3;/q-1;;;;+1. The van der Waals surface area contributed by atoms with Crippen LogP contribution in [0.1, 0.15) is 87.0 Å². The van der Waals surface area contributed by atoms with Crippen LogP contribution in [0.4, 0.5) is 0 Å². The zero-order valence-corrected chi connectivity index (χ0v) is 37.0. The first-order valence-corrected chi connectivity index (χ1v) is 36.7. The summed E-state index contributed by atoms with van der Waals surface area (Å²) in [4.78, 5) is 0. The van der Waals surface area contributed by atoms with Gasteiger partial charge in [0.05, 0.1) is 0 Å². The van der Waals surface area contributed by atoms with Gasteiger partial charge in [0.15, 0.2) is 0 Å². The predicted octanol–water partition coefficient (Wildman–Crippen LogP) is 10.4. The Bertz CT molecular complexity index is 1700. The van der Waals surface area contributed by atoms with Crippen molar-refractivity contribution in [2.45, 2.75) is 92.5 Å². The van der Waals surface area contributed by atoms with Crippen molar-refractivity contribution in [3.8, 4) is 11.1 Å². The van der Waals surface area contributed by atoms with Crippen molar-refractivity contribution in [2.24, 2.45) is 22.2 Å². The Hall–Kier alpha value is -2.27. The summed E-state index contributed by atoms with van der Waals surface area (Å²) in [7, 11) is -2.11. The molecule has 3 heteroatoms. The Morgan fingerprint density at radius 2 is 0.898 bits per heavy atom. The van der Waals surface area contributed by atoms with Gasteiger partial charge in [-0.25, -0.2) is 0 Å². The third-order valence-electron chi connectivity index (χ3n) is 12.6. The molecule has 5 aliphatic carbocycles. The zero-order valence-electron chi connectivity index (χ0n) is 30.9. The summed E-state index contributed by atoms with van der Waals surface area (Å²) in [6.07, 6.45) is 8.55.